The summed E-state index contributed by atoms with van der Waals surface area (Å²) < 4.78 is 0. The summed E-state index contributed by atoms with van der Waals surface area (Å²) in [6, 6.07) is 7.76. The highest BCUT2D eigenvalue weighted by atomic mass is 32.2. The lowest BCUT2D eigenvalue weighted by Gasteiger charge is -2.19. The van der Waals surface area contributed by atoms with Crippen LogP contribution in [0.15, 0.2) is 35.4 Å². The van der Waals surface area contributed by atoms with Crippen LogP contribution in [0.2, 0.25) is 0 Å². The number of amides is 1. The lowest BCUT2D eigenvalue weighted by molar-refractivity contribution is -0.126. The van der Waals surface area contributed by atoms with Gasteiger partial charge >= 0.3 is 0 Å². The summed E-state index contributed by atoms with van der Waals surface area (Å²) in [4.78, 5) is 38.9. The highest BCUT2D eigenvalue weighted by Gasteiger charge is 2.30. The number of nitrogens with one attached hydrogen (secondary N) is 1. The van der Waals surface area contributed by atoms with Gasteiger partial charge in [0.1, 0.15) is 0 Å². The van der Waals surface area contributed by atoms with Gasteiger partial charge in [0.15, 0.2) is 11.6 Å². The van der Waals surface area contributed by atoms with Crippen molar-refractivity contribution in [1.29, 1.82) is 0 Å². The van der Waals surface area contributed by atoms with E-state index < -0.39 is 5.41 Å². The summed E-state index contributed by atoms with van der Waals surface area (Å²) in [7, 11) is 0. The highest BCUT2D eigenvalue weighted by Crippen LogP contribution is 2.31. The number of nitrogen functional groups attached to an aromatic ring is 1. The monoisotopic (exact) mass is 412 g/mol. The zero-order valence-corrected chi connectivity index (χ0v) is 17.7. The second-order valence-corrected chi connectivity index (χ2v) is 8.79. The number of aryl methyl sites for hydroxylation is 1. The van der Waals surface area contributed by atoms with E-state index in [9.17, 15) is 9.59 Å². The summed E-state index contributed by atoms with van der Waals surface area (Å²) >= 11 is 1.33. The first-order valence-corrected chi connectivity index (χ1v) is 10.1. The van der Waals surface area contributed by atoms with Gasteiger partial charge in [-0.2, -0.15) is 15.0 Å². The van der Waals surface area contributed by atoms with Crippen LogP contribution in [0.3, 0.4) is 0 Å². The van der Waals surface area contributed by atoms with Gasteiger partial charge in [-0.15, -0.1) is 0 Å². The molecule has 3 N–H and O–H groups in total. The molecule has 9 heteroatoms. The Kier molecular flexibility index (Phi) is 5.88. The predicted octanol–water partition coefficient (Wildman–Crippen LogP) is 3.04. The van der Waals surface area contributed by atoms with Gasteiger partial charge in [0.05, 0.1) is 17.3 Å². The number of carbonyl (C=O) groups is 2. The highest BCUT2D eigenvalue weighted by molar-refractivity contribution is 8.04. The topological polar surface area (TPSA) is 114 Å². The smallest absolute Gasteiger partial charge is 0.238 e. The molecule has 1 aromatic heterocycles. The molecule has 1 aromatic carbocycles. The first-order chi connectivity index (χ1) is 13.6. The average molecular weight is 413 g/mol. The van der Waals surface area contributed by atoms with E-state index in [0.717, 1.165) is 11.3 Å². The lowest BCUT2D eigenvalue weighted by atomic mass is 9.91. The SMILES string of the molecule is Cc1ccc(Nc2nc(N)nc(CN3C(=O)CS/C3=C\C(=O)C(C)(C)C)n2)cc1. The van der Waals surface area contributed by atoms with E-state index in [4.69, 9.17) is 5.73 Å². The van der Waals surface area contributed by atoms with Crippen LogP contribution in [0.5, 0.6) is 0 Å². The Morgan fingerprint density at radius 3 is 2.59 bits per heavy atom. The molecule has 0 atom stereocenters. The Balaban J connectivity index is 1.82. The summed E-state index contributed by atoms with van der Waals surface area (Å²) in [6.45, 7) is 7.64. The van der Waals surface area contributed by atoms with Crippen LogP contribution in [0.4, 0.5) is 17.6 Å². The van der Waals surface area contributed by atoms with Gasteiger partial charge in [-0.05, 0) is 19.1 Å². The van der Waals surface area contributed by atoms with Gasteiger partial charge in [-0.3, -0.25) is 14.5 Å². The summed E-state index contributed by atoms with van der Waals surface area (Å²) in [5, 5.41) is 3.69. The van der Waals surface area contributed by atoms with Gasteiger partial charge in [-0.1, -0.05) is 50.2 Å². The molecule has 0 aliphatic carbocycles. The van der Waals surface area contributed by atoms with Gasteiger partial charge in [0.2, 0.25) is 17.8 Å². The van der Waals surface area contributed by atoms with E-state index in [1.54, 1.807) is 0 Å². The van der Waals surface area contributed by atoms with Crippen LogP contribution in [-0.4, -0.2) is 37.3 Å². The van der Waals surface area contributed by atoms with Gasteiger partial charge in [-0.25, -0.2) is 0 Å². The Morgan fingerprint density at radius 2 is 1.93 bits per heavy atom. The van der Waals surface area contributed by atoms with Crippen molar-refractivity contribution in [3.8, 4) is 0 Å². The van der Waals surface area contributed by atoms with Crippen LogP contribution in [0.25, 0.3) is 0 Å². The van der Waals surface area contributed by atoms with E-state index in [-0.39, 0.29) is 29.9 Å². The molecular weight excluding hydrogens is 388 g/mol. The molecule has 1 saturated heterocycles. The van der Waals surface area contributed by atoms with Gasteiger partial charge in [0.25, 0.3) is 0 Å². The molecule has 29 heavy (non-hydrogen) atoms. The molecule has 1 amide bonds. The van der Waals surface area contributed by atoms with Crippen molar-refractivity contribution in [3.63, 3.8) is 0 Å². The van der Waals surface area contributed by atoms with Crippen molar-refractivity contribution in [1.82, 2.24) is 19.9 Å². The van der Waals surface area contributed by atoms with E-state index in [0.29, 0.717) is 16.8 Å². The fourth-order valence-corrected chi connectivity index (χ4v) is 3.44. The molecule has 0 saturated carbocycles. The number of carbonyl (C=O) groups excluding carboxylic acids is 2. The van der Waals surface area contributed by atoms with Crippen LogP contribution in [0.1, 0.15) is 32.2 Å². The molecular formula is C20H24N6O2S. The number of rotatable bonds is 5. The number of hydrogen-bond acceptors (Lipinski definition) is 8. The van der Waals surface area contributed by atoms with Crippen molar-refractivity contribution in [2.45, 2.75) is 34.2 Å². The zero-order valence-electron chi connectivity index (χ0n) is 16.9. The average Bonchev–Trinajstić information content (AvgIpc) is 2.96. The molecule has 0 radical (unpaired) electrons. The molecule has 1 aliphatic rings. The minimum atomic E-state index is -0.520. The van der Waals surface area contributed by atoms with E-state index in [1.807, 2.05) is 52.0 Å². The number of aromatic nitrogens is 3. The quantitative estimate of drug-likeness (QED) is 0.720. The van der Waals surface area contributed by atoms with Crippen molar-refractivity contribution in [2.24, 2.45) is 5.41 Å². The predicted molar refractivity (Wildman–Crippen MR) is 114 cm³/mol. The summed E-state index contributed by atoms with van der Waals surface area (Å²) in [5.41, 5.74) is 7.27. The minimum absolute atomic E-state index is 0.0448. The number of nitrogens with zero attached hydrogens (tertiary/aromatic N) is 4. The molecule has 8 nitrogen and oxygen atoms in total. The lowest BCUT2D eigenvalue weighted by Crippen LogP contribution is -2.27. The third kappa shape index (κ3) is 5.32. The molecule has 2 aromatic rings. The van der Waals surface area contributed by atoms with E-state index in [2.05, 4.69) is 20.3 Å². The minimum Gasteiger partial charge on any atom is -0.368 e. The van der Waals surface area contributed by atoms with Crippen molar-refractivity contribution in [3.05, 3.63) is 46.8 Å². The molecule has 0 unspecified atom stereocenters. The van der Waals surface area contributed by atoms with Crippen LogP contribution >= 0.6 is 11.8 Å². The number of benzene rings is 1. The fraction of sp³-hybridized carbons (Fsp3) is 0.350. The van der Waals surface area contributed by atoms with Crippen molar-refractivity contribution >= 4 is 41.0 Å². The Labute approximate surface area is 174 Å². The molecule has 2 heterocycles. The molecule has 1 aliphatic heterocycles. The Hall–Kier alpha value is -2.94. The van der Waals surface area contributed by atoms with Crippen LogP contribution in [0, 0.1) is 12.3 Å². The maximum absolute atomic E-state index is 12.4. The Morgan fingerprint density at radius 1 is 1.24 bits per heavy atom. The second kappa shape index (κ2) is 8.20. The van der Waals surface area contributed by atoms with Crippen LogP contribution in [-0.2, 0) is 16.1 Å². The third-order valence-corrected chi connectivity index (χ3v) is 5.24. The summed E-state index contributed by atoms with van der Waals surface area (Å²) in [5.74, 6) is 0.828. The third-order valence-electron chi connectivity index (χ3n) is 4.21. The number of nitrogens with two attached hydrogens (primary N) is 1. The molecule has 152 valence electrons. The van der Waals surface area contributed by atoms with Crippen molar-refractivity contribution < 1.29 is 9.59 Å². The number of ketones is 1. The van der Waals surface area contributed by atoms with E-state index >= 15 is 0 Å². The molecule has 0 bridgehead atoms. The summed E-state index contributed by atoms with van der Waals surface area (Å²) in [6.07, 6.45) is 1.52. The molecule has 3 rings (SSSR count). The van der Waals surface area contributed by atoms with Gasteiger partial charge < -0.3 is 11.1 Å². The van der Waals surface area contributed by atoms with Crippen LogP contribution < -0.4 is 11.1 Å². The fourth-order valence-electron chi connectivity index (χ4n) is 2.50. The standard InChI is InChI=1S/C20H24N6O2S/c1-12-5-7-13(8-6-12)22-19-24-15(23-18(21)25-19)10-26-16(28)11-29-17(26)9-14(27)20(2,3)4/h5-9H,10-11H2,1-4H3,(H3,21,22,23,24,25)/b17-9-. The Bertz CT molecular complexity index is 966. The molecule has 1 fully saturated rings. The normalized spacial score (nSPS) is 15.8. The largest absolute Gasteiger partial charge is 0.368 e. The van der Waals surface area contributed by atoms with Crippen molar-refractivity contribution in [2.75, 3.05) is 16.8 Å². The maximum Gasteiger partial charge on any atom is 0.238 e. The van der Waals surface area contributed by atoms with Gasteiger partial charge in [0, 0.05) is 17.2 Å². The maximum atomic E-state index is 12.4. The number of hydrogen-bond donors (Lipinski definition) is 2. The number of thioether (sulfide) groups is 1. The number of allylic oxidation sites excluding steroid dienone is 1. The first kappa shape index (κ1) is 20.8. The van der Waals surface area contributed by atoms with E-state index in [1.165, 1.54) is 22.7 Å². The zero-order chi connectivity index (χ0) is 21.2. The number of anilines is 3. The second-order valence-electron chi connectivity index (χ2n) is 7.79. The first-order valence-electron chi connectivity index (χ1n) is 9.15. The molecule has 0 spiro atoms.